The summed E-state index contributed by atoms with van der Waals surface area (Å²) in [6.07, 6.45) is 5.71. The zero-order valence-corrected chi connectivity index (χ0v) is 12.0. The standard InChI is InChI=1S/C15H21NOS/c1-10-6-12(7-11(2)16-10)15(17)8-13-4-3-5-14(9-15)18-13/h6-7,13-14,17H,3-5,8-9H2,1-2H3. The van der Waals surface area contributed by atoms with E-state index in [-0.39, 0.29) is 0 Å². The molecule has 0 aliphatic carbocycles. The van der Waals surface area contributed by atoms with E-state index in [4.69, 9.17) is 0 Å². The summed E-state index contributed by atoms with van der Waals surface area (Å²) in [6.45, 7) is 4.02. The molecule has 1 aromatic heterocycles. The quantitative estimate of drug-likeness (QED) is 0.843. The molecule has 2 saturated heterocycles. The van der Waals surface area contributed by atoms with Crippen molar-refractivity contribution in [1.82, 2.24) is 4.98 Å². The first-order valence-electron chi connectivity index (χ1n) is 6.89. The number of hydrogen-bond acceptors (Lipinski definition) is 3. The first-order valence-corrected chi connectivity index (χ1v) is 7.83. The lowest BCUT2D eigenvalue weighted by molar-refractivity contribution is 0.00793. The van der Waals surface area contributed by atoms with Gasteiger partial charge in [0.2, 0.25) is 0 Å². The van der Waals surface area contributed by atoms with Crippen molar-refractivity contribution in [3.63, 3.8) is 0 Å². The van der Waals surface area contributed by atoms with Crippen LogP contribution in [0, 0.1) is 13.8 Å². The smallest absolute Gasteiger partial charge is 0.0918 e. The van der Waals surface area contributed by atoms with Crippen molar-refractivity contribution in [2.45, 2.75) is 62.1 Å². The maximum absolute atomic E-state index is 11.1. The van der Waals surface area contributed by atoms with Crippen LogP contribution < -0.4 is 0 Å². The normalized spacial score (nSPS) is 35.5. The molecule has 98 valence electrons. The number of fused-ring (bicyclic) bond motifs is 2. The van der Waals surface area contributed by atoms with Crippen molar-refractivity contribution >= 4 is 11.8 Å². The Labute approximate surface area is 113 Å². The van der Waals surface area contributed by atoms with Crippen LogP contribution in [-0.4, -0.2) is 20.6 Å². The van der Waals surface area contributed by atoms with Crippen molar-refractivity contribution in [1.29, 1.82) is 0 Å². The zero-order chi connectivity index (χ0) is 12.8. The van der Waals surface area contributed by atoms with Gasteiger partial charge in [-0.15, -0.1) is 0 Å². The highest BCUT2D eigenvalue weighted by Crippen LogP contribution is 2.49. The molecule has 2 atom stereocenters. The summed E-state index contributed by atoms with van der Waals surface area (Å²) in [5.74, 6) is 0. The molecule has 3 heterocycles. The molecular formula is C15H21NOS. The Kier molecular flexibility index (Phi) is 3.15. The van der Waals surface area contributed by atoms with Crippen LogP contribution in [0.15, 0.2) is 12.1 Å². The van der Waals surface area contributed by atoms with Gasteiger partial charge in [-0.1, -0.05) is 6.42 Å². The van der Waals surface area contributed by atoms with Gasteiger partial charge >= 0.3 is 0 Å². The fraction of sp³-hybridized carbons (Fsp3) is 0.667. The molecule has 0 aromatic carbocycles. The molecule has 0 spiro atoms. The van der Waals surface area contributed by atoms with Crippen molar-refractivity contribution in [3.8, 4) is 0 Å². The Morgan fingerprint density at radius 3 is 2.28 bits per heavy atom. The molecule has 2 bridgehead atoms. The third-order valence-electron chi connectivity index (χ3n) is 4.19. The third-order valence-corrected chi connectivity index (χ3v) is 5.76. The second-order valence-corrected chi connectivity index (χ2v) is 7.49. The zero-order valence-electron chi connectivity index (χ0n) is 11.1. The lowest BCUT2D eigenvalue weighted by Gasteiger charge is -2.44. The average molecular weight is 263 g/mol. The van der Waals surface area contributed by atoms with E-state index < -0.39 is 5.60 Å². The summed E-state index contributed by atoms with van der Waals surface area (Å²) in [7, 11) is 0. The molecule has 1 N–H and O–H groups in total. The highest BCUT2D eigenvalue weighted by Gasteiger charge is 2.42. The van der Waals surface area contributed by atoms with Gasteiger partial charge in [0.1, 0.15) is 0 Å². The predicted octanol–water partition coefficient (Wildman–Crippen LogP) is 3.33. The highest BCUT2D eigenvalue weighted by atomic mass is 32.2. The molecule has 2 aliphatic rings. The van der Waals surface area contributed by atoms with Crippen LogP contribution in [0.25, 0.3) is 0 Å². The summed E-state index contributed by atoms with van der Waals surface area (Å²) < 4.78 is 0. The summed E-state index contributed by atoms with van der Waals surface area (Å²) in [5.41, 5.74) is 2.51. The third kappa shape index (κ3) is 2.30. The Hall–Kier alpha value is -0.540. The maximum Gasteiger partial charge on any atom is 0.0918 e. The van der Waals surface area contributed by atoms with Crippen LogP contribution in [0.4, 0.5) is 0 Å². The number of thioether (sulfide) groups is 1. The number of rotatable bonds is 1. The Balaban J connectivity index is 1.93. The van der Waals surface area contributed by atoms with Crippen LogP contribution in [0.1, 0.15) is 49.1 Å². The minimum Gasteiger partial charge on any atom is -0.385 e. The van der Waals surface area contributed by atoms with E-state index in [1.165, 1.54) is 19.3 Å². The largest absolute Gasteiger partial charge is 0.385 e. The molecule has 18 heavy (non-hydrogen) atoms. The molecule has 3 rings (SSSR count). The first kappa shape index (κ1) is 12.5. The van der Waals surface area contributed by atoms with E-state index in [1.807, 2.05) is 13.8 Å². The lowest BCUT2D eigenvalue weighted by atomic mass is 9.80. The molecule has 0 saturated carbocycles. The van der Waals surface area contributed by atoms with Gasteiger partial charge in [-0.3, -0.25) is 4.98 Å². The lowest BCUT2D eigenvalue weighted by Crippen LogP contribution is -2.40. The monoisotopic (exact) mass is 263 g/mol. The molecule has 2 aliphatic heterocycles. The SMILES string of the molecule is Cc1cc(C2(O)CC3CCCC(C2)S3)cc(C)n1. The van der Waals surface area contributed by atoms with E-state index in [1.54, 1.807) is 0 Å². The summed E-state index contributed by atoms with van der Waals surface area (Å²) in [5, 5.41) is 12.4. The molecule has 2 unspecified atom stereocenters. The van der Waals surface area contributed by atoms with Gasteiger partial charge in [-0.25, -0.2) is 0 Å². The number of nitrogens with zero attached hydrogens (tertiary/aromatic N) is 1. The Morgan fingerprint density at radius 1 is 1.17 bits per heavy atom. The number of aliphatic hydroxyl groups is 1. The number of aromatic nitrogens is 1. The van der Waals surface area contributed by atoms with E-state index in [9.17, 15) is 5.11 Å². The van der Waals surface area contributed by atoms with Crippen LogP contribution >= 0.6 is 11.8 Å². The molecule has 0 radical (unpaired) electrons. The molecule has 2 nitrogen and oxygen atoms in total. The van der Waals surface area contributed by atoms with E-state index in [0.29, 0.717) is 10.5 Å². The van der Waals surface area contributed by atoms with Crippen LogP contribution in [0.3, 0.4) is 0 Å². The van der Waals surface area contributed by atoms with Crippen molar-refractivity contribution in [3.05, 3.63) is 29.1 Å². The van der Waals surface area contributed by atoms with Crippen LogP contribution in [-0.2, 0) is 5.60 Å². The van der Waals surface area contributed by atoms with Gasteiger partial charge < -0.3 is 5.11 Å². The Bertz CT molecular complexity index is 428. The van der Waals surface area contributed by atoms with E-state index >= 15 is 0 Å². The molecule has 2 fully saturated rings. The van der Waals surface area contributed by atoms with Crippen molar-refractivity contribution in [2.75, 3.05) is 0 Å². The fourth-order valence-corrected chi connectivity index (χ4v) is 5.35. The number of pyridine rings is 1. The number of hydrogen-bond donors (Lipinski definition) is 1. The molecule has 0 amide bonds. The summed E-state index contributed by atoms with van der Waals surface area (Å²) >= 11 is 2.10. The maximum atomic E-state index is 11.1. The first-order chi connectivity index (χ1) is 8.55. The molecular weight excluding hydrogens is 242 g/mol. The van der Waals surface area contributed by atoms with Gasteiger partial charge in [-0.05, 0) is 57.2 Å². The van der Waals surface area contributed by atoms with E-state index in [2.05, 4.69) is 28.9 Å². The fourth-order valence-electron chi connectivity index (χ4n) is 3.46. The van der Waals surface area contributed by atoms with E-state index in [0.717, 1.165) is 29.8 Å². The summed E-state index contributed by atoms with van der Waals surface area (Å²) in [6, 6.07) is 4.14. The van der Waals surface area contributed by atoms with Crippen molar-refractivity contribution in [2.24, 2.45) is 0 Å². The Morgan fingerprint density at radius 2 is 1.72 bits per heavy atom. The highest BCUT2D eigenvalue weighted by molar-refractivity contribution is 8.00. The second-order valence-electron chi connectivity index (χ2n) is 5.89. The van der Waals surface area contributed by atoms with Crippen LogP contribution in [0.5, 0.6) is 0 Å². The average Bonchev–Trinajstić information content (AvgIpc) is 2.26. The molecule has 3 heteroatoms. The van der Waals surface area contributed by atoms with Gasteiger partial charge in [0, 0.05) is 21.9 Å². The number of aryl methyl sites for hydroxylation is 2. The summed E-state index contributed by atoms with van der Waals surface area (Å²) in [4.78, 5) is 4.42. The van der Waals surface area contributed by atoms with Gasteiger partial charge in [0.25, 0.3) is 0 Å². The minimum absolute atomic E-state index is 0.612. The minimum atomic E-state index is -0.612. The second kappa shape index (κ2) is 4.53. The van der Waals surface area contributed by atoms with Crippen LogP contribution in [0.2, 0.25) is 0 Å². The van der Waals surface area contributed by atoms with Gasteiger partial charge in [0.15, 0.2) is 0 Å². The van der Waals surface area contributed by atoms with Gasteiger partial charge in [0.05, 0.1) is 5.60 Å². The van der Waals surface area contributed by atoms with Gasteiger partial charge in [-0.2, -0.15) is 11.8 Å². The predicted molar refractivity (Wildman–Crippen MR) is 75.9 cm³/mol. The van der Waals surface area contributed by atoms with Crippen molar-refractivity contribution < 1.29 is 5.11 Å². The molecule has 1 aromatic rings. The topological polar surface area (TPSA) is 33.1 Å².